The highest BCUT2D eigenvalue weighted by Crippen LogP contribution is 2.15. The molecule has 2 rings (SSSR count). The molecule has 114 valence electrons. The molecule has 0 saturated carbocycles. The van der Waals surface area contributed by atoms with Gasteiger partial charge < -0.3 is 9.84 Å². The topological polar surface area (TPSA) is 81.4 Å². The number of aliphatic carboxylic acids is 1. The van der Waals surface area contributed by atoms with E-state index in [0.29, 0.717) is 11.3 Å². The third kappa shape index (κ3) is 4.05. The molecule has 0 fully saturated rings. The molecule has 0 aliphatic carbocycles. The molecule has 22 heavy (non-hydrogen) atoms. The van der Waals surface area contributed by atoms with E-state index in [-0.39, 0.29) is 5.78 Å². The van der Waals surface area contributed by atoms with E-state index >= 15 is 0 Å². The molecule has 2 aromatic rings. The van der Waals surface area contributed by atoms with Crippen molar-refractivity contribution in [1.29, 1.82) is 0 Å². The van der Waals surface area contributed by atoms with Gasteiger partial charge in [-0.2, -0.15) is 5.10 Å². The zero-order chi connectivity index (χ0) is 16.1. The van der Waals surface area contributed by atoms with E-state index in [1.54, 1.807) is 54.5 Å². The number of aryl methyl sites for hydroxylation is 1. The van der Waals surface area contributed by atoms with Crippen LogP contribution in [-0.4, -0.2) is 32.7 Å². The Morgan fingerprint density at radius 3 is 2.55 bits per heavy atom. The fraction of sp³-hybridized carbons (Fsp3) is 0.188. The summed E-state index contributed by atoms with van der Waals surface area (Å²) in [6.07, 6.45) is 5.67. The third-order valence-electron chi connectivity index (χ3n) is 2.95. The standard InChI is InChI=1S/C16H16N2O4/c1-11(16(20)21)22-14-6-4-13(5-7-14)15(19)8-3-12-9-17-18(2)10-12/h3-11H,1-2H3,(H,20,21)/b8-3+/t11-/m0/s1. The summed E-state index contributed by atoms with van der Waals surface area (Å²) in [5, 5.41) is 12.8. The number of carboxylic acid groups (broad SMARTS) is 1. The lowest BCUT2D eigenvalue weighted by Gasteiger charge is -2.10. The quantitative estimate of drug-likeness (QED) is 0.653. The number of hydrogen-bond donors (Lipinski definition) is 1. The molecule has 1 aromatic carbocycles. The molecule has 0 bridgehead atoms. The Hall–Kier alpha value is -2.89. The summed E-state index contributed by atoms with van der Waals surface area (Å²) in [5.74, 6) is -0.788. The van der Waals surface area contributed by atoms with Crippen molar-refractivity contribution in [2.45, 2.75) is 13.0 Å². The molecular weight excluding hydrogens is 284 g/mol. The monoisotopic (exact) mass is 300 g/mol. The summed E-state index contributed by atoms with van der Waals surface area (Å²) in [7, 11) is 1.80. The van der Waals surface area contributed by atoms with Gasteiger partial charge in [-0.15, -0.1) is 0 Å². The maximum absolute atomic E-state index is 12.0. The number of ether oxygens (including phenoxy) is 1. The van der Waals surface area contributed by atoms with Crippen LogP contribution in [0.1, 0.15) is 22.8 Å². The van der Waals surface area contributed by atoms with Crippen LogP contribution in [0.3, 0.4) is 0 Å². The Kier molecular flexibility index (Phi) is 4.73. The van der Waals surface area contributed by atoms with Crippen LogP contribution < -0.4 is 4.74 Å². The minimum absolute atomic E-state index is 0.151. The van der Waals surface area contributed by atoms with Crippen LogP contribution in [0.5, 0.6) is 5.75 Å². The van der Waals surface area contributed by atoms with E-state index in [1.165, 1.54) is 13.0 Å². The lowest BCUT2D eigenvalue weighted by molar-refractivity contribution is -0.144. The van der Waals surface area contributed by atoms with Gasteiger partial charge in [-0.3, -0.25) is 9.48 Å². The van der Waals surface area contributed by atoms with E-state index in [9.17, 15) is 9.59 Å². The van der Waals surface area contributed by atoms with E-state index in [1.807, 2.05) is 0 Å². The summed E-state index contributed by atoms with van der Waals surface area (Å²) in [5.41, 5.74) is 1.33. The number of allylic oxidation sites excluding steroid dienone is 1. The lowest BCUT2D eigenvalue weighted by Crippen LogP contribution is -2.22. The van der Waals surface area contributed by atoms with Crippen LogP contribution in [0.4, 0.5) is 0 Å². The Labute approximate surface area is 127 Å². The predicted octanol–water partition coefficient (Wildman–Crippen LogP) is 2.17. The van der Waals surface area contributed by atoms with Gasteiger partial charge >= 0.3 is 5.97 Å². The fourth-order valence-corrected chi connectivity index (χ4v) is 1.75. The number of carbonyl (C=O) groups excluding carboxylic acids is 1. The van der Waals surface area contributed by atoms with Crippen molar-refractivity contribution in [3.8, 4) is 5.75 Å². The minimum atomic E-state index is -1.04. The van der Waals surface area contributed by atoms with Crippen LogP contribution in [0, 0.1) is 0 Å². The molecule has 0 spiro atoms. The first kappa shape index (κ1) is 15.5. The van der Waals surface area contributed by atoms with Gasteiger partial charge in [0.25, 0.3) is 0 Å². The van der Waals surface area contributed by atoms with Gasteiger partial charge in [0, 0.05) is 24.4 Å². The first-order valence-electron chi connectivity index (χ1n) is 6.66. The molecule has 1 N–H and O–H groups in total. The molecule has 0 unspecified atom stereocenters. The third-order valence-corrected chi connectivity index (χ3v) is 2.95. The largest absolute Gasteiger partial charge is 0.479 e. The molecule has 1 atom stereocenters. The van der Waals surface area contributed by atoms with E-state index in [4.69, 9.17) is 9.84 Å². The van der Waals surface area contributed by atoms with Gasteiger partial charge in [0.15, 0.2) is 11.9 Å². The van der Waals surface area contributed by atoms with Crippen molar-refractivity contribution in [1.82, 2.24) is 9.78 Å². The Bertz CT molecular complexity index is 701. The Morgan fingerprint density at radius 1 is 1.32 bits per heavy atom. The van der Waals surface area contributed by atoms with Gasteiger partial charge in [-0.1, -0.05) is 0 Å². The molecular formula is C16H16N2O4. The number of aromatic nitrogens is 2. The van der Waals surface area contributed by atoms with Crippen LogP contribution >= 0.6 is 0 Å². The summed E-state index contributed by atoms with van der Waals surface area (Å²) >= 11 is 0. The number of ketones is 1. The zero-order valence-electron chi connectivity index (χ0n) is 12.3. The number of benzene rings is 1. The second kappa shape index (κ2) is 6.71. The second-order valence-corrected chi connectivity index (χ2v) is 4.77. The second-order valence-electron chi connectivity index (χ2n) is 4.77. The van der Waals surface area contributed by atoms with E-state index in [2.05, 4.69) is 5.10 Å². The van der Waals surface area contributed by atoms with Crippen LogP contribution in [0.2, 0.25) is 0 Å². The van der Waals surface area contributed by atoms with Crippen LogP contribution in [-0.2, 0) is 11.8 Å². The molecule has 0 aliphatic rings. The van der Waals surface area contributed by atoms with Gasteiger partial charge in [0.2, 0.25) is 0 Å². The van der Waals surface area contributed by atoms with Gasteiger partial charge in [0.05, 0.1) is 6.20 Å². The van der Waals surface area contributed by atoms with E-state index < -0.39 is 12.1 Å². The number of carboxylic acids is 1. The maximum atomic E-state index is 12.0. The summed E-state index contributed by atoms with van der Waals surface area (Å²) < 4.78 is 6.86. The van der Waals surface area contributed by atoms with Crippen molar-refractivity contribution in [3.05, 3.63) is 53.9 Å². The lowest BCUT2D eigenvalue weighted by atomic mass is 10.1. The Balaban J connectivity index is 2.02. The molecule has 6 heteroatoms. The van der Waals surface area contributed by atoms with Crippen LogP contribution in [0.15, 0.2) is 42.7 Å². The summed E-state index contributed by atoms with van der Waals surface area (Å²) in [6, 6.07) is 6.34. The molecule has 6 nitrogen and oxygen atoms in total. The average molecular weight is 300 g/mol. The normalized spacial score (nSPS) is 12.3. The molecule has 1 heterocycles. The van der Waals surface area contributed by atoms with Crippen molar-refractivity contribution in [2.75, 3.05) is 0 Å². The highest BCUT2D eigenvalue weighted by Gasteiger charge is 2.12. The van der Waals surface area contributed by atoms with Crippen molar-refractivity contribution < 1.29 is 19.4 Å². The summed E-state index contributed by atoms with van der Waals surface area (Å²) in [4.78, 5) is 22.7. The smallest absolute Gasteiger partial charge is 0.344 e. The van der Waals surface area contributed by atoms with E-state index in [0.717, 1.165) is 5.56 Å². The van der Waals surface area contributed by atoms with Crippen LogP contribution in [0.25, 0.3) is 6.08 Å². The minimum Gasteiger partial charge on any atom is -0.479 e. The highest BCUT2D eigenvalue weighted by molar-refractivity contribution is 6.06. The summed E-state index contributed by atoms with van der Waals surface area (Å²) in [6.45, 7) is 1.44. The number of carbonyl (C=O) groups is 2. The molecule has 0 radical (unpaired) electrons. The maximum Gasteiger partial charge on any atom is 0.344 e. The molecule has 0 saturated heterocycles. The average Bonchev–Trinajstić information content (AvgIpc) is 2.91. The molecule has 1 aromatic heterocycles. The van der Waals surface area contributed by atoms with Gasteiger partial charge in [-0.05, 0) is 43.3 Å². The van der Waals surface area contributed by atoms with Gasteiger partial charge in [-0.25, -0.2) is 4.79 Å². The molecule has 0 amide bonds. The Morgan fingerprint density at radius 2 is 2.00 bits per heavy atom. The first-order chi connectivity index (χ1) is 10.5. The number of nitrogens with zero attached hydrogens (tertiary/aromatic N) is 2. The first-order valence-corrected chi connectivity index (χ1v) is 6.66. The molecule has 0 aliphatic heterocycles. The number of rotatable bonds is 6. The van der Waals surface area contributed by atoms with Crippen molar-refractivity contribution in [3.63, 3.8) is 0 Å². The fourth-order valence-electron chi connectivity index (χ4n) is 1.75. The van der Waals surface area contributed by atoms with Crippen molar-refractivity contribution in [2.24, 2.45) is 7.05 Å². The zero-order valence-corrected chi connectivity index (χ0v) is 12.3. The SMILES string of the molecule is C[C@H](Oc1ccc(C(=O)/C=C/c2cnn(C)c2)cc1)C(=O)O. The predicted molar refractivity (Wildman–Crippen MR) is 80.7 cm³/mol. The van der Waals surface area contributed by atoms with Crippen molar-refractivity contribution >= 4 is 17.8 Å². The number of hydrogen-bond acceptors (Lipinski definition) is 4. The highest BCUT2D eigenvalue weighted by atomic mass is 16.5. The van der Waals surface area contributed by atoms with Gasteiger partial charge in [0.1, 0.15) is 5.75 Å².